The summed E-state index contributed by atoms with van der Waals surface area (Å²) < 4.78 is 70.5. The van der Waals surface area contributed by atoms with Gasteiger partial charge in [0.05, 0.1) is 21.2 Å². The molecule has 254 valence electrons. The maximum Gasteiger partial charge on any atom is 0.417 e. The van der Waals surface area contributed by atoms with E-state index in [4.69, 9.17) is 34.8 Å². The zero-order chi connectivity index (χ0) is 35.2. The van der Waals surface area contributed by atoms with Crippen molar-refractivity contribution in [3.63, 3.8) is 0 Å². The average Bonchev–Trinajstić information content (AvgIpc) is 3.02. The molecule has 0 saturated carbocycles. The standard InChI is InChI=1S/C34H31Cl3F3N3O4S/c1-22(2)41-33(45)31(17-23-9-5-3-6-10-23)42(20-24-13-14-25(35)18-30(24)37)32(44)21-43(48(46,47)27-11-7-4-8-12-27)26-15-16-29(36)28(19-26)34(38,39)40/h3-16,18-19,22,31H,17,20-21H2,1-2H3,(H,41,45). The molecule has 0 fully saturated rings. The highest BCUT2D eigenvalue weighted by molar-refractivity contribution is 7.92. The summed E-state index contributed by atoms with van der Waals surface area (Å²) in [4.78, 5) is 29.2. The molecule has 1 N–H and O–H groups in total. The lowest BCUT2D eigenvalue weighted by atomic mass is 10.0. The van der Waals surface area contributed by atoms with E-state index in [1.165, 1.54) is 35.2 Å². The Bertz CT molecular complexity index is 1860. The highest BCUT2D eigenvalue weighted by atomic mass is 35.5. The number of nitrogens with zero attached hydrogens (tertiary/aromatic N) is 2. The molecule has 0 saturated heterocycles. The van der Waals surface area contributed by atoms with Crippen molar-refractivity contribution in [1.29, 1.82) is 0 Å². The van der Waals surface area contributed by atoms with Crippen molar-refractivity contribution in [2.75, 3.05) is 10.8 Å². The van der Waals surface area contributed by atoms with Crippen LogP contribution in [0.15, 0.2) is 102 Å². The summed E-state index contributed by atoms with van der Waals surface area (Å²) in [5.41, 5.74) is -0.652. The van der Waals surface area contributed by atoms with Crippen LogP contribution in [0.1, 0.15) is 30.5 Å². The fourth-order valence-corrected chi connectivity index (χ4v) is 7.02. The number of benzene rings is 4. The van der Waals surface area contributed by atoms with Crippen molar-refractivity contribution in [3.05, 3.63) is 129 Å². The van der Waals surface area contributed by atoms with Crippen LogP contribution in [0.3, 0.4) is 0 Å². The van der Waals surface area contributed by atoms with E-state index in [2.05, 4.69) is 5.32 Å². The third-order valence-corrected chi connectivity index (χ3v) is 9.92. The maximum absolute atomic E-state index is 14.5. The largest absolute Gasteiger partial charge is 0.417 e. The minimum atomic E-state index is -4.92. The fourth-order valence-electron chi connectivity index (χ4n) is 4.90. The second kappa shape index (κ2) is 15.6. The highest BCUT2D eigenvalue weighted by Gasteiger charge is 2.38. The van der Waals surface area contributed by atoms with Gasteiger partial charge in [0.1, 0.15) is 12.6 Å². The Kier molecular flexibility index (Phi) is 12.1. The van der Waals surface area contributed by atoms with E-state index >= 15 is 0 Å². The van der Waals surface area contributed by atoms with Gasteiger partial charge in [0, 0.05) is 29.1 Å². The lowest BCUT2D eigenvalue weighted by molar-refractivity contribution is -0.140. The van der Waals surface area contributed by atoms with E-state index in [0.29, 0.717) is 26.5 Å². The molecule has 0 heterocycles. The minimum absolute atomic E-state index is 0.0287. The van der Waals surface area contributed by atoms with Gasteiger partial charge in [-0.3, -0.25) is 13.9 Å². The topological polar surface area (TPSA) is 86.8 Å². The van der Waals surface area contributed by atoms with Gasteiger partial charge in [0.15, 0.2) is 0 Å². The first-order valence-electron chi connectivity index (χ1n) is 14.6. The van der Waals surface area contributed by atoms with Crippen LogP contribution in [0.25, 0.3) is 0 Å². The molecule has 4 aromatic rings. The Morgan fingerprint density at radius 1 is 0.833 bits per heavy atom. The van der Waals surface area contributed by atoms with Crippen LogP contribution >= 0.6 is 34.8 Å². The van der Waals surface area contributed by atoms with Crippen LogP contribution in [0, 0.1) is 0 Å². The number of rotatable bonds is 12. The van der Waals surface area contributed by atoms with Gasteiger partial charge in [-0.15, -0.1) is 0 Å². The first kappa shape index (κ1) is 37.1. The predicted molar refractivity (Wildman–Crippen MR) is 182 cm³/mol. The smallest absolute Gasteiger partial charge is 0.352 e. The van der Waals surface area contributed by atoms with Gasteiger partial charge in [-0.2, -0.15) is 13.2 Å². The van der Waals surface area contributed by atoms with E-state index < -0.39 is 56.9 Å². The van der Waals surface area contributed by atoms with Crippen molar-refractivity contribution < 1.29 is 31.2 Å². The van der Waals surface area contributed by atoms with Gasteiger partial charge >= 0.3 is 6.18 Å². The van der Waals surface area contributed by atoms with E-state index in [1.54, 1.807) is 62.4 Å². The molecule has 0 bridgehead atoms. The Labute approximate surface area is 292 Å². The summed E-state index contributed by atoms with van der Waals surface area (Å²) in [6.07, 6.45) is -4.90. The van der Waals surface area contributed by atoms with Crippen LogP contribution in [-0.4, -0.2) is 43.8 Å². The van der Waals surface area contributed by atoms with Crippen molar-refractivity contribution in [3.8, 4) is 0 Å². The summed E-state index contributed by atoms with van der Waals surface area (Å²) in [5, 5.41) is 2.68. The van der Waals surface area contributed by atoms with Crippen molar-refractivity contribution in [2.45, 2.75) is 50.0 Å². The number of carbonyl (C=O) groups is 2. The van der Waals surface area contributed by atoms with Crippen molar-refractivity contribution in [1.82, 2.24) is 10.2 Å². The number of anilines is 1. The fraction of sp³-hybridized carbons (Fsp3) is 0.235. The van der Waals surface area contributed by atoms with E-state index in [0.717, 1.165) is 12.1 Å². The first-order chi connectivity index (χ1) is 22.6. The molecule has 14 heteroatoms. The quantitative estimate of drug-likeness (QED) is 0.160. The Morgan fingerprint density at radius 2 is 1.46 bits per heavy atom. The lowest BCUT2D eigenvalue weighted by Gasteiger charge is -2.34. The van der Waals surface area contributed by atoms with E-state index in [-0.39, 0.29) is 28.9 Å². The molecule has 4 rings (SSSR count). The van der Waals surface area contributed by atoms with Crippen molar-refractivity contribution >= 4 is 62.3 Å². The van der Waals surface area contributed by atoms with Crippen LogP contribution in [0.5, 0.6) is 0 Å². The van der Waals surface area contributed by atoms with Crippen LogP contribution in [0.2, 0.25) is 15.1 Å². The molecule has 1 unspecified atom stereocenters. The predicted octanol–water partition coefficient (Wildman–Crippen LogP) is 8.03. The summed E-state index contributed by atoms with van der Waals surface area (Å²) in [6, 6.07) is 21.5. The maximum atomic E-state index is 14.5. The second-order valence-electron chi connectivity index (χ2n) is 11.1. The van der Waals surface area contributed by atoms with E-state index in [1.807, 2.05) is 0 Å². The summed E-state index contributed by atoms with van der Waals surface area (Å²) in [6.45, 7) is 2.26. The van der Waals surface area contributed by atoms with Gasteiger partial charge in [-0.25, -0.2) is 8.42 Å². The molecule has 0 spiro atoms. The highest BCUT2D eigenvalue weighted by Crippen LogP contribution is 2.38. The molecule has 0 radical (unpaired) electrons. The third-order valence-electron chi connectivity index (χ3n) is 7.21. The SMILES string of the molecule is CC(C)NC(=O)C(Cc1ccccc1)N(Cc1ccc(Cl)cc1Cl)C(=O)CN(c1ccc(Cl)c(C(F)(F)F)c1)S(=O)(=O)c1ccccc1. The molecule has 0 aliphatic carbocycles. The van der Waals surface area contributed by atoms with Gasteiger partial charge in [0.25, 0.3) is 10.0 Å². The number of hydrogen-bond donors (Lipinski definition) is 1. The lowest BCUT2D eigenvalue weighted by Crippen LogP contribution is -2.54. The number of carbonyl (C=O) groups excluding carboxylic acids is 2. The number of sulfonamides is 1. The molecule has 7 nitrogen and oxygen atoms in total. The number of hydrogen-bond acceptors (Lipinski definition) is 4. The third kappa shape index (κ3) is 9.22. The van der Waals surface area contributed by atoms with Gasteiger partial charge in [-0.1, -0.05) is 89.4 Å². The molecular formula is C34H31Cl3F3N3O4S. The van der Waals surface area contributed by atoms with E-state index in [9.17, 15) is 31.2 Å². The number of amides is 2. The first-order valence-corrected chi connectivity index (χ1v) is 17.2. The second-order valence-corrected chi connectivity index (χ2v) is 14.2. The van der Waals surface area contributed by atoms with Gasteiger partial charge < -0.3 is 10.2 Å². The van der Waals surface area contributed by atoms with Crippen LogP contribution in [-0.2, 0) is 38.8 Å². The average molecular weight is 741 g/mol. The summed E-state index contributed by atoms with van der Waals surface area (Å²) in [5.74, 6) is -1.42. The summed E-state index contributed by atoms with van der Waals surface area (Å²) in [7, 11) is -4.64. The Morgan fingerprint density at radius 3 is 2.04 bits per heavy atom. The van der Waals surface area contributed by atoms with Crippen LogP contribution in [0.4, 0.5) is 18.9 Å². The molecule has 48 heavy (non-hydrogen) atoms. The molecule has 0 aromatic heterocycles. The van der Waals surface area contributed by atoms with Gasteiger partial charge in [0.2, 0.25) is 11.8 Å². The molecule has 0 aliphatic heterocycles. The molecular weight excluding hydrogens is 710 g/mol. The molecule has 2 amide bonds. The zero-order valence-electron chi connectivity index (χ0n) is 25.7. The number of halogens is 6. The molecule has 0 aliphatic rings. The number of alkyl halides is 3. The molecule has 1 atom stereocenters. The Balaban J connectivity index is 1.88. The minimum Gasteiger partial charge on any atom is -0.352 e. The normalized spacial score (nSPS) is 12.4. The summed E-state index contributed by atoms with van der Waals surface area (Å²) >= 11 is 18.4. The van der Waals surface area contributed by atoms with Crippen LogP contribution < -0.4 is 9.62 Å². The van der Waals surface area contributed by atoms with Crippen molar-refractivity contribution in [2.24, 2.45) is 0 Å². The zero-order valence-corrected chi connectivity index (χ0v) is 28.8. The monoisotopic (exact) mass is 739 g/mol. The Hall–Kier alpha value is -3.77. The number of nitrogens with one attached hydrogen (secondary N) is 1. The molecule has 4 aromatic carbocycles. The van der Waals surface area contributed by atoms with Gasteiger partial charge in [-0.05, 0) is 67.4 Å².